The molecule has 25 heavy (non-hydrogen) atoms. The summed E-state index contributed by atoms with van der Waals surface area (Å²) in [6.07, 6.45) is -0.248. The molecule has 3 aliphatic rings. The zero-order valence-corrected chi connectivity index (χ0v) is 15.2. The van der Waals surface area contributed by atoms with Crippen LogP contribution in [0.4, 0.5) is 0 Å². The molecule has 1 aromatic carbocycles. The van der Waals surface area contributed by atoms with Crippen molar-refractivity contribution >= 4 is 21.8 Å². The van der Waals surface area contributed by atoms with Crippen molar-refractivity contribution in [2.75, 3.05) is 13.7 Å². The Kier molecular flexibility index (Phi) is 3.24. The number of hydrogen-bond donors (Lipinski definition) is 1. The maximum Gasteiger partial charge on any atom is 0.293 e. The lowest BCUT2D eigenvalue weighted by Gasteiger charge is -2.26. The van der Waals surface area contributed by atoms with Gasteiger partial charge in [0.05, 0.1) is 32.0 Å². The highest BCUT2D eigenvalue weighted by molar-refractivity contribution is 9.10. The molecular weight excluding hydrogens is 388 g/mol. The summed E-state index contributed by atoms with van der Waals surface area (Å²) in [6, 6.07) is 9.95. The Hall–Kier alpha value is -2.13. The minimum absolute atomic E-state index is 0.0673. The van der Waals surface area contributed by atoms with Gasteiger partial charge >= 0.3 is 0 Å². The van der Waals surface area contributed by atoms with Gasteiger partial charge in [-0.15, -0.1) is 0 Å². The summed E-state index contributed by atoms with van der Waals surface area (Å²) in [7, 11) is 1.54. The third-order valence-corrected chi connectivity index (χ3v) is 5.80. The van der Waals surface area contributed by atoms with E-state index in [0.29, 0.717) is 11.3 Å². The first-order valence-corrected chi connectivity index (χ1v) is 8.55. The van der Waals surface area contributed by atoms with Crippen LogP contribution in [0.3, 0.4) is 0 Å². The molecule has 5 atom stereocenters. The second-order valence-electron chi connectivity index (χ2n) is 6.48. The van der Waals surface area contributed by atoms with Crippen LogP contribution in [0.5, 0.6) is 5.75 Å². The van der Waals surface area contributed by atoms with Crippen LogP contribution in [0.25, 0.3) is 0 Å². The molecule has 2 N–H and O–H groups in total. The SMILES string of the molecule is COc1ccc(Br)cc1[C@H]1[C@@]2(C#N)[C@@]3(N=C(N)[C@@]12C#N)OC[C@@H](C)O3. The highest BCUT2D eigenvalue weighted by Crippen LogP contribution is 2.83. The lowest BCUT2D eigenvalue weighted by molar-refractivity contribution is -0.193. The Labute approximate surface area is 153 Å². The van der Waals surface area contributed by atoms with Gasteiger partial charge in [0.1, 0.15) is 17.0 Å². The van der Waals surface area contributed by atoms with E-state index in [-0.39, 0.29) is 18.5 Å². The summed E-state index contributed by atoms with van der Waals surface area (Å²) in [4.78, 5) is 4.29. The fourth-order valence-corrected chi connectivity index (χ4v) is 4.64. The Morgan fingerprint density at radius 3 is 2.72 bits per heavy atom. The van der Waals surface area contributed by atoms with Gasteiger partial charge in [0, 0.05) is 16.0 Å². The molecule has 1 saturated heterocycles. The van der Waals surface area contributed by atoms with Crippen molar-refractivity contribution in [3.05, 3.63) is 28.2 Å². The number of ether oxygens (including phenoxy) is 3. The first kappa shape index (κ1) is 16.3. The van der Waals surface area contributed by atoms with Crippen LogP contribution in [-0.4, -0.2) is 31.6 Å². The van der Waals surface area contributed by atoms with Crippen LogP contribution in [0, 0.1) is 33.5 Å². The molecule has 128 valence electrons. The van der Waals surface area contributed by atoms with Crippen LogP contribution in [-0.2, 0) is 9.47 Å². The van der Waals surface area contributed by atoms with Crippen molar-refractivity contribution in [1.29, 1.82) is 10.5 Å². The van der Waals surface area contributed by atoms with E-state index < -0.39 is 22.7 Å². The van der Waals surface area contributed by atoms with E-state index in [2.05, 4.69) is 33.1 Å². The number of rotatable bonds is 2. The Morgan fingerprint density at radius 2 is 2.16 bits per heavy atom. The predicted octanol–water partition coefficient (Wildman–Crippen LogP) is 2.03. The standard InChI is InChI=1S/C17H15BrN4O3/c1-9-6-24-17(25-9)16(8-20)13(15(16,7-19)14(21)22-17)11-5-10(18)3-4-12(11)23-2/h3-5,9,13H,6H2,1-2H3,(H2,21,22)/t9-,13-,15-,16-,17-/m1/s1. The van der Waals surface area contributed by atoms with E-state index in [4.69, 9.17) is 19.9 Å². The second kappa shape index (κ2) is 4.95. The quantitative estimate of drug-likeness (QED) is 0.809. The monoisotopic (exact) mass is 402 g/mol. The summed E-state index contributed by atoms with van der Waals surface area (Å²) in [6.45, 7) is 2.11. The average Bonchev–Trinajstić information content (AvgIpc) is 2.98. The largest absolute Gasteiger partial charge is 0.496 e. The summed E-state index contributed by atoms with van der Waals surface area (Å²) in [5, 5.41) is 20.1. The second-order valence-corrected chi connectivity index (χ2v) is 7.39. The number of methoxy groups -OCH3 is 1. The van der Waals surface area contributed by atoms with Gasteiger partial charge in [-0.1, -0.05) is 15.9 Å². The fourth-order valence-electron chi connectivity index (χ4n) is 4.26. The van der Waals surface area contributed by atoms with E-state index in [1.807, 2.05) is 19.1 Å². The Balaban J connectivity index is 1.95. The van der Waals surface area contributed by atoms with E-state index in [0.717, 1.165) is 4.47 Å². The van der Waals surface area contributed by atoms with E-state index in [9.17, 15) is 10.5 Å². The molecule has 1 saturated carbocycles. The summed E-state index contributed by atoms with van der Waals surface area (Å²) >= 11 is 3.43. The summed E-state index contributed by atoms with van der Waals surface area (Å²) < 4.78 is 18.0. The number of fused-ring (bicyclic) bond motifs is 2. The number of halogens is 1. The van der Waals surface area contributed by atoms with Crippen molar-refractivity contribution in [3.8, 4) is 17.9 Å². The van der Waals surface area contributed by atoms with Gasteiger partial charge in [-0.05, 0) is 25.1 Å². The number of aliphatic imine (C=N–C) groups is 1. The Morgan fingerprint density at radius 1 is 1.40 bits per heavy atom. The van der Waals surface area contributed by atoms with E-state index >= 15 is 0 Å². The molecule has 1 aromatic rings. The molecule has 4 rings (SSSR count). The van der Waals surface area contributed by atoms with Crippen molar-refractivity contribution in [3.63, 3.8) is 0 Å². The number of hydrogen-bond acceptors (Lipinski definition) is 7. The molecule has 0 aromatic heterocycles. The number of nitrogens with zero attached hydrogens (tertiary/aromatic N) is 3. The maximum atomic E-state index is 10.1. The highest BCUT2D eigenvalue weighted by atomic mass is 79.9. The van der Waals surface area contributed by atoms with Gasteiger partial charge in [0.25, 0.3) is 5.91 Å². The number of nitrogens with two attached hydrogens (primary N) is 1. The Bertz CT molecular complexity index is 891. The third kappa shape index (κ3) is 1.63. The first-order chi connectivity index (χ1) is 11.9. The van der Waals surface area contributed by atoms with Gasteiger partial charge < -0.3 is 19.9 Å². The number of amidine groups is 1. The smallest absolute Gasteiger partial charge is 0.293 e. The zero-order chi connectivity index (χ0) is 18.0. The van der Waals surface area contributed by atoms with Gasteiger partial charge in [-0.2, -0.15) is 10.5 Å². The van der Waals surface area contributed by atoms with Crippen molar-refractivity contribution in [2.45, 2.75) is 24.9 Å². The fraction of sp³-hybridized carbons (Fsp3) is 0.471. The van der Waals surface area contributed by atoms with Crippen LogP contribution >= 0.6 is 15.9 Å². The molecule has 0 bridgehead atoms. The van der Waals surface area contributed by atoms with E-state index in [1.165, 1.54) is 0 Å². The van der Waals surface area contributed by atoms with Crippen molar-refractivity contribution in [1.82, 2.24) is 0 Å². The average molecular weight is 403 g/mol. The molecule has 2 fully saturated rings. The molecule has 2 heterocycles. The lowest BCUT2D eigenvalue weighted by Crippen LogP contribution is -2.39. The van der Waals surface area contributed by atoms with Gasteiger partial charge in [-0.3, -0.25) is 0 Å². The zero-order valence-electron chi connectivity index (χ0n) is 13.6. The molecule has 2 aliphatic heterocycles. The van der Waals surface area contributed by atoms with Crippen LogP contribution in [0.2, 0.25) is 0 Å². The number of nitriles is 2. The molecule has 8 heteroatoms. The third-order valence-electron chi connectivity index (χ3n) is 5.30. The first-order valence-electron chi connectivity index (χ1n) is 7.76. The lowest BCUT2D eigenvalue weighted by atomic mass is 9.93. The predicted molar refractivity (Wildman–Crippen MR) is 90.4 cm³/mol. The molecule has 0 amide bonds. The molecule has 0 unspecified atom stereocenters. The van der Waals surface area contributed by atoms with Crippen molar-refractivity contribution < 1.29 is 14.2 Å². The summed E-state index contributed by atoms with van der Waals surface area (Å²) in [5.41, 5.74) is 4.19. The molecular formula is C17H15BrN4O3. The minimum atomic E-state index is -1.56. The van der Waals surface area contributed by atoms with Gasteiger partial charge in [-0.25, -0.2) is 4.99 Å². The van der Waals surface area contributed by atoms with Crippen LogP contribution in [0.15, 0.2) is 27.7 Å². The van der Waals surface area contributed by atoms with E-state index in [1.54, 1.807) is 13.2 Å². The van der Waals surface area contributed by atoms with Crippen molar-refractivity contribution in [2.24, 2.45) is 21.6 Å². The van der Waals surface area contributed by atoms with Gasteiger partial charge in [0.2, 0.25) is 0 Å². The topological polar surface area (TPSA) is 114 Å². The molecule has 7 nitrogen and oxygen atoms in total. The maximum absolute atomic E-state index is 10.1. The molecule has 1 aliphatic carbocycles. The summed E-state index contributed by atoms with van der Waals surface area (Å²) in [5.74, 6) is -1.48. The normalized spacial score (nSPS) is 40.9. The minimum Gasteiger partial charge on any atom is -0.496 e. The molecule has 0 radical (unpaired) electrons. The number of benzene rings is 1. The van der Waals surface area contributed by atoms with Gasteiger partial charge in [0.15, 0.2) is 5.41 Å². The molecule has 1 spiro atoms. The highest BCUT2D eigenvalue weighted by Gasteiger charge is 2.94. The van der Waals surface area contributed by atoms with Crippen LogP contribution in [0.1, 0.15) is 18.4 Å². The van der Waals surface area contributed by atoms with Crippen LogP contribution < -0.4 is 10.5 Å².